The molecule has 0 spiro atoms. The van der Waals surface area contributed by atoms with E-state index in [2.05, 4.69) is 75.8 Å². The van der Waals surface area contributed by atoms with Crippen LogP contribution in [0.4, 0.5) is 4.79 Å². The molecule has 0 aliphatic carbocycles. The van der Waals surface area contributed by atoms with Crippen molar-refractivity contribution in [1.29, 1.82) is 0 Å². The average Bonchev–Trinajstić information content (AvgIpc) is 2.22. The van der Waals surface area contributed by atoms with Crippen LogP contribution in [-0.4, -0.2) is 64.2 Å². The van der Waals surface area contributed by atoms with Gasteiger partial charge in [-0.15, -0.1) is 0 Å². The summed E-state index contributed by atoms with van der Waals surface area (Å²) in [5.41, 5.74) is -0.794. The maximum Gasteiger partial charge on any atom is 0.321 e. The van der Waals surface area contributed by atoms with Crippen LogP contribution in [0.15, 0.2) is 0 Å². The van der Waals surface area contributed by atoms with E-state index in [-0.39, 0.29) is 28.2 Å². The van der Waals surface area contributed by atoms with Crippen molar-refractivity contribution in [1.82, 2.24) is 20.4 Å². The van der Waals surface area contributed by atoms with Crippen LogP contribution >= 0.6 is 0 Å². The van der Waals surface area contributed by atoms with Crippen molar-refractivity contribution in [2.75, 3.05) is 26.2 Å². The van der Waals surface area contributed by atoms with Gasteiger partial charge < -0.3 is 20.4 Å². The van der Waals surface area contributed by atoms with E-state index < -0.39 is 0 Å². The maximum absolute atomic E-state index is 13.6. The van der Waals surface area contributed by atoms with Crippen molar-refractivity contribution >= 4 is 6.03 Å². The van der Waals surface area contributed by atoms with Crippen molar-refractivity contribution in [2.45, 2.75) is 77.5 Å². The zero-order chi connectivity index (χ0) is 17.0. The minimum Gasteiger partial charge on any atom is -0.312 e. The van der Waals surface area contributed by atoms with Gasteiger partial charge in [0.25, 0.3) is 0 Å². The Labute approximate surface area is 135 Å². The van der Waals surface area contributed by atoms with Gasteiger partial charge in [-0.25, -0.2) is 4.79 Å². The number of amides is 2. The molecule has 2 saturated heterocycles. The number of carbonyl (C=O) groups excluding carboxylic acids is 1. The van der Waals surface area contributed by atoms with Gasteiger partial charge >= 0.3 is 6.03 Å². The number of rotatable bonds is 0. The number of carbonyl (C=O) groups is 1. The molecule has 0 saturated carbocycles. The highest BCUT2D eigenvalue weighted by molar-refractivity contribution is 5.78. The van der Waals surface area contributed by atoms with E-state index in [9.17, 15) is 4.79 Å². The first-order valence-corrected chi connectivity index (χ1v) is 8.37. The van der Waals surface area contributed by atoms with Gasteiger partial charge in [0.1, 0.15) is 0 Å². The van der Waals surface area contributed by atoms with Crippen LogP contribution in [-0.2, 0) is 0 Å². The van der Waals surface area contributed by atoms with Crippen molar-refractivity contribution in [3.05, 3.63) is 0 Å². The molecular weight excluding hydrogens is 276 g/mol. The van der Waals surface area contributed by atoms with Gasteiger partial charge in [-0.1, -0.05) is 0 Å². The molecule has 2 aliphatic heterocycles. The van der Waals surface area contributed by atoms with Crippen LogP contribution in [0.1, 0.15) is 55.4 Å². The average molecular weight is 310 g/mol. The number of hydrogen-bond acceptors (Lipinski definition) is 3. The Morgan fingerprint density at radius 3 is 1.09 bits per heavy atom. The molecule has 0 unspecified atom stereocenters. The van der Waals surface area contributed by atoms with Crippen LogP contribution in [0.2, 0.25) is 0 Å². The summed E-state index contributed by atoms with van der Waals surface area (Å²) in [5.74, 6) is 0. The fourth-order valence-corrected chi connectivity index (χ4v) is 4.44. The standard InChI is InChI=1S/C17H34N4O/c1-14(2)9-18-10-15(3,4)20(14)13(22)21-16(5,6)11-19-12-17(21,7)8/h18-19H,9-12H2,1-8H3. The van der Waals surface area contributed by atoms with Gasteiger partial charge in [-0.05, 0) is 55.4 Å². The molecule has 0 aromatic rings. The van der Waals surface area contributed by atoms with Gasteiger partial charge in [0.05, 0.1) is 22.2 Å². The Balaban J connectivity index is 2.43. The molecule has 5 nitrogen and oxygen atoms in total. The molecule has 2 fully saturated rings. The number of urea groups is 1. The van der Waals surface area contributed by atoms with Gasteiger partial charge in [-0.3, -0.25) is 0 Å². The molecule has 128 valence electrons. The van der Waals surface area contributed by atoms with E-state index in [1.807, 2.05) is 0 Å². The van der Waals surface area contributed by atoms with E-state index in [0.717, 1.165) is 26.2 Å². The van der Waals surface area contributed by atoms with E-state index in [1.54, 1.807) is 0 Å². The molecule has 2 amide bonds. The van der Waals surface area contributed by atoms with Gasteiger partial charge in [0, 0.05) is 26.2 Å². The molecular formula is C17H34N4O. The molecule has 0 aromatic carbocycles. The highest BCUT2D eigenvalue weighted by Gasteiger charge is 2.52. The SMILES string of the molecule is CC1(C)CNCC(C)(C)N1C(=O)N1C(C)(C)CNCC1(C)C. The summed E-state index contributed by atoms with van der Waals surface area (Å²) in [6.07, 6.45) is 0. The third-order valence-corrected chi connectivity index (χ3v) is 5.03. The molecule has 0 bridgehead atoms. The van der Waals surface area contributed by atoms with Crippen molar-refractivity contribution in [3.8, 4) is 0 Å². The molecule has 2 heterocycles. The Morgan fingerprint density at radius 1 is 0.636 bits per heavy atom. The maximum atomic E-state index is 13.6. The first-order chi connectivity index (χ1) is 9.81. The molecule has 2 aliphatic rings. The Hall–Kier alpha value is -0.810. The third-order valence-electron chi connectivity index (χ3n) is 5.03. The lowest BCUT2D eigenvalue weighted by molar-refractivity contribution is -0.0411. The number of nitrogens with zero attached hydrogens (tertiary/aromatic N) is 2. The highest BCUT2D eigenvalue weighted by atomic mass is 16.2. The lowest BCUT2D eigenvalue weighted by atomic mass is 9.86. The summed E-state index contributed by atoms with van der Waals surface area (Å²) in [7, 11) is 0. The molecule has 2 rings (SSSR count). The van der Waals surface area contributed by atoms with E-state index >= 15 is 0 Å². The largest absolute Gasteiger partial charge is 0.321 e. The Bertz CT molecular complexity index is 382. The number of hydrogen-bond donors (Lipinski definition) is 2. The Morgan fingerprint density at radius 2 is 0.864 bits per heavy atom. The first kappa shape index (κ1) is 17.5. The summed E-state index contributed by atoms with van der Waals surface area (Å²) < 4.78 is 0. The summed E-state index contributed by atoms with van der Waals surface area (Å²) in [6.45, 7) is 20.5. The second-order valence-electron chi connectivity index (χ2n) is 9.41. The van der Waals surface area contributed by atoms with E-state index in [4.69, 9.17) is 0 Å². The topological polar surface area (TPSA) is 47.6 Å². The molecule has 2 N–H and O–H groups in total. The van der Waals surface area contributed by atoms with Crippen LogP contribution in [0.25, 0.3) is 0 Å². The second-order valence-corrected chi connectivity index (χ2v) is 9.41. The normalized spacial score (nSPS) is 29.3. The number of nitrogens with one attached hydrogen (secondary N) is 2. The monoisotopic (exact) mass is 310 g/mol. The smallest absolute Gasteiger partial charge is 0.312 e. The van der Waals surface area contributed by atoms with Crippen LogP contribution in [0, 0.1) is 0 Å². The van der Waals surface area contributed by atoms with Crippen LogP contribution in [0.5, 0.6) is 0 Å². The quantitative estimate of drug-likeness (QED) is 0.720. The predicted octanol–water partition coefficient (Wildman–Crippen LogP) is 2.03. The molecule has 22 heavy (non-hydrogen) atoms. The molecule has 5 heteroatoms. The minimum absolute atomic E-state index is 0.160. The van der Waals surface area contributed by atoms with Crippen molar-refractivity contribution in [3.63, 3.8) is 0 Å². The highest BCUT2D eigenvalue weighted by Crippen LogP contribution is 2.36. The summed E-state index contributed by atoms with van der Waals surface area (Å²) in [4.78, 5) is 17.8. The third kappa shape index (κ3) is 2.85. The minimum atomic E-state index is -0.199. The second kappa shape index (κ2) is 5.10. The van der Waals surface area contributed by atoms with Crippen molar-refractivity contribution in [2.24, 2.45) is 0 Å². The Kier molecular flexibility index (Phi) is 4.06. The molecule has 0 radical (unpaired) electrons. The van der Waals surface area contributed by atoms with Crippen LogP contribution in [0.3, 0.4) is 0 Å². The van der Waals surface area contributed by atoms with Gasteiger partial charge in [0.15, 0.2) is 0 Å². The first-order valence-electron chi connectivity index (χ1n) is 8.37. The molecule has 0 aromatic heterocycles. The van der Waals surface area contributed by atoms with Crippen LogP contribution < -0.4 is 10.6 Å². The lowest BCUT2D eigenvalue weighted by Gasteiger charge is -2.60. The fraction of sp³-hybridized carbons (Fsp3) is 0.941. The van der Waals surface area contributed by atoms with Gasteiger partial charge in [-0.2, -0.15) is 0 Å². The van der Waals surface area contributed by atoms with E-state index in [1.165, 1.54) is 0 Å². The zero-order valence-electron chi connectivity index (χ0n) is 15.6. The number of piperazine rings is 2. The predicted molar refractivity (Wildman–Crippen MR) is 91.1 cm³/mol. The summed E-state index contributed by atoms with van der Waals surface area (Å²) >= 11 is 0. The lowest BCUT2D eigenvalue weighted by Crippen LogP contribution is -2.77. The summed E-state index contributed by atoms with van der Waals surface area (Å²) in [5, 5.41) is 6.94. The fourth-order valence-electron chi connectivity index (χ4n) is 4.44. The summed E-state index contributed by atoms with van der Waals surface area (Å²) in [6, 6.07) is 0.160. The van der Waals surface area contributed by atoms with E-state index in [0.29, 0.717) is 0 Å². The zero-order valence-corrected chi connectivity index (χ0v) is 15.6. The van der Waals surface area contributed by atoms with Crippen molar-refractivity contribution < 1.29 is 4.79 Å². The molecule has 0 atom stereocenters. The van der Waals surface area contributed by atoms with Gasteiger partial charge in [0.2, 0.25) is 0 Å².